The zero-order chi connectivity index (χ0) is 18.0. The van der Waals surface area contributed by atoms with Gasteiger partial charge in [0.25, 0.3) is 11.8 Å². The number of nitrogens with zero attached hydrogens (tertiary/aromatic N) is 2. The first-order valence-corrected chi connectivity index (χ1v) is 8.52. The molecule has 130 valence electrons. The molecule has 0 fully saturated rings. The number of carbonyl (C=O) groups excluding carboxylic acids is 2. The van der Waals surface area contributed by atoms with E-state index in [2.05, 4.69) is 16.4 Å². The van der Waals surface area contributed by atoms with Crippen molar-refractivity contribution < 1.29 is 9.59 Å². The lowest BCUT2D eigenvalue weighted by molar-refractivity contribution is 0.0919. The predicted octanol–water partition coefficient (Wildman–Crippen LogP) is 3.20. The van der Waals surface area contributed by atoms with Crippen LogP contribution in [0.3, 0.4) is 0 Å². The summed E-state index contributed by atoms with van der Waals surface area (Å²) in [6.07, 6.45) is 4.92. The molecule has 25 heavy (non-hydrogen) atoms. The molecule has 0 aliphatic carbocycles. The summed E-state index contributed by atoms with van der Waals surface area (Å²) in [6, 6.07) is 9.57. The highest BCUT2D eigenvalue weighted by atomic mass is 16.2. The minimum absolute atomic E-state index is 0.120. The highest BCUT2D eigenvalue weighted by Gasteiger charge is 2.24. The highest BCUT2D eigenvalue weighted by Crippen LogP contribution is 2.28. The van der Waals surface area contributed by atoms with Crippen LogP contribution in [0.2, 0.25) is 0 Å². The number of para-hydroxylation sites is 1. The Morgan fingerprint density at radius 1 is 1.12 bits per heavy atom. The molecular formula is C20H23N3O2. The van der Waals surface area contributed by atoms with Crippen molar-refractivity contribution in [2.45, 2.75) is 39.2 Å². The molecule has 0 saturated carbocycles. The second-order valence-electron chi connectivity index (χ2n) is 7.36. The zero-order valence-electron chi connectivity index (χ0n) is 14.9. The number of aryl methyl sites for hydroxylation is 1. The summed E-state index contributed by atoms with van der Waals surface area (Å²) in [5.41, 5.74) is 2.60. The fourth-order valence-corrected chi connectivity index (χ4v) is 2.99. The van der Waals surface area contributed by atoms with Gasteiger partial charge >= 0.3 is 0 Å². The Balaban J connectivity index is 1.87. The molecule has 0 saturated heterocycles. The quantitative estimate of drug-likeness (QED) is 0.915. The Morgan fingerprint density at radius 2 is 1.84 bits per heavy atom. The average Bonchev–Trinajstić information content (AvgIpc) is 2.59. The summed E-state index contributed by atoms with van der Waals surface area (Å²) >= 11 is 0. The van der Waals surface area contributed by atoms with Gasteiger partial charge in [0, 0.05) is 30.2 Å². The molecular weight excluding hydrogens is 314 g/mol. The third-order valence-corrected chi connectivity index (χ3v) is 4.09. The van der Waals surface area contributed by atoms with E-state index in [9.17, 15) is 9.59 Å². The van der Waals surface area contributed by atoms with E-state index < -0.39 is 0 Å². The summed E-state index contributed by atoms with van der Waals surface area (Å²) in [4.78, 5) is 31.2. The molecule has 0 atom stereocenters. The van der Waals surface area contributed by atoms with Crippen LogP contribution < -0.4 is 10.2 Å². The number of anilines is 1. The predicted molar refractivity (Wildman–Crippen MR) is 97.9 cm³/mol. The van der Waals surface area contributed by atoms with Gasteiger partial charge in [0.05, 0.1) is 11.1 Å². The highest BCUT2D eigenvalue weighted by molar-refractivity contribution is 6.08. The van der Waals surface area contributed by atoms with Crippen LogP contribution >= 0.6 is 0 Å². The Labute approximate surface area is 148 Å². The first kappa shape index (κ1) is 17.1. The van der Waals surface area contributed by atoms with E-state index in [1.54, 1.807) is 11.0 Å². The number of amides is 2. The van der Waals surface area contributed by atoms with Gasteiger partial charge in [0.15, 0.2) is 0 Å². The lowest BCUT2D eigenvalue weighted by Crippen LogP contribution is -2.40. The molecule has 1 aliphatic heterocycles. The number of fused-ring (bicyclic) bond motifs is 1. The van der Waals surface area contributed by atoms with Crippen LogP contribution in [-0.2, 0) is 6.42 Å². The van der Waals surface area contributed by atoms with Crippen LogP contribution in [0.1, 0.15) is 53.5 Å². The SMILES string of the molecule is CC(C)(C)NC(=O)c1cncc(C(=O)N2CCCc3ccccc32)c1. The number of hydrogen-bond donors (Lipinski definition) is 1. The first-order chi connectivity index (χ1) is 11.8. The van der Waals surface area contributed by atoms with Crippen molar-refractivity contribution >= 4 is 17.5 Å². The van der Waals surface area contributed by atoms with E-state index in [1.807, 2.05) is 39.0 Å². The number of nitrogens with one attached hydrogen (secondary N) is 1. The monoisotopic (exact) mass is 337 g/mol. The average molecular weight is 337 g/mol. The summed E-state index contributed by atoms with van der Waals surface area (Å²) in [6.45, 7) is 6.42. The maximum absolute atomic E-state index is 13.0. The Bertz CT molecular complexity index is 809. The van der Waals surface area contributed by atoms with Crippen molar-refractivity contribution in [2.24, 2.45) is 0 Å². The molecule has 3 rings (SSSR count). The topological polar surface area (TPSA) is 62.3 Å². The van der Waals surface area contributed by atoms with E-state index in [-0.39, 0.29) is 17.4 Å². The third kappa shape index (κ3) is 3.87. The molecule has 2 amide bonds. The van der Waals surface area contributed by atoms with Crippen LogP contribution in [0.15, 0.2) is 42.7 Å². The molecule has 0 unspecified atom stereocenters. The first-order valence-electron chi connectivity index (χ1n) is 8.52. The van der Waals surface area contributed by atoms with Gasteiger partial charge in [-0.05, 0) is 51.3 Å². The molecule has 1 aromatic carbocycles. The van der Waals surface area contributed by atoms with Crippen LogP contribution in [0.4, 0.5) is 5.69 Å². The largest absolute Gasteiger partial charge is 0.347 e. The number of benzene rings is 1. The third-order valence-electron chi connectivity index (χ3n) is 4.09. The molecule has 5 heteroatoms. The molecule has 5 nitrogen and oxygen atoms in total. The van der Waals surface area contributed by atoms with Gasteiger partial charge in [-0.3, -0.25) is 14.6 Å². The fraction of sp³-hybridized carbons (Fsp3) is 0.350. The van der Waals surface area contributed by atoms with Gasteiger partial charge in [0.2, 0.25) is 0 Å². The normalized spacial score (nSPS) is 14.0. The van der Waals surface area contributed by atoms with E-state index >= 15 is 0 Å². The summed E-state index contributed by atoms with van der Waals surface area (Å²) in [7, 11) is 0. The van der Waals surface area contributed by atoms with Crippen molar-refractivity contribution in [2.75, 3.05) is 11.4 Å². The van der Waals surface area contributed by atoms with Gasteiger partial charge in [-0.2, -0.15) is 0 Å². The minimum atomic E-state index is -0.344. The molecule has 2 heterocycles. The summed E-state index contributed by atoms with van der Waals surface area (Å²) in [5.74, 6) is -0.348. The smallest absolute Gasteiger partial charge is 0.259 e. The van der Waals surface area contributed by atoms with Crippen LogP contribution in [0.5, 0.6) is 0 Å². The maximum atomic E-state index is 13.0. The molecule has 1 aliphatic rings. The van der Waals surface area contributed by atoms with E-state index in [1.165, 1.54) is 18.0 Å². The van der Waals surface area contributed by atoms with Crippen molar-refractivity contribution in [3.63, 3.8) is 0 Å². The Hall–Kier alpha value is -2.69. The van der Waals surface area contributed by atoms with Crippen LogP contribution in [0.25, 0.3) is 0 Å². The van der Waals surface area contributed by atoms with Crippen molar-refractivity contribution in [3.05, 3.63) is 59.4 Å². The van der Waals surface area contributed by atoms with Gasteiger partial charge in [-0.25, -0.2) is 0 Å². The Kier molecular flexibility index (Phi) is 4.57. The molecule has 0 radical (unpaired) electrons. The molecule has 1 N–H and O–H groups in total. The molecule has 0 spiro atoms. The fourth-order valence-electron chi connectivity index (χ4n) is 2.99. The maximum Gasteiger partial charge on any atom is 0.259 e. The van der Waals surface area contributed by atoms with Crippen molar-refractivity contribution in [1.82, 2.24) is 10.3 Å². The number of carbonyl (C=O) groups is 2. The van der Waals surface area contributed by atoms with E-state index in [0.29, 0.717) is 17.7 Å². The van der Waals surface area contributed by atoms with Crippen molar-refractivity contribution in [3.8, 4) is 0 Å². The zero-order valence-corrected chi connectivity index (χ0v) is 14.9. The molecule has 2 aromatic rings. The molecule has 1 aromatic heterocycles. The van der Waals surface area contributed by atoms with Crippen LogP contribution in [-0.4, -0.2) is 28.9 Å². The van der Waals surface area contributed by atoms with Gasteiger partial charge in [-0.15, -0.1) is 0 Å². The van der Waals surface area contributed by atoms with Gasteiger partial charge < -0.3 is 10.2 Å². The lowest BCUT2D eigenvalue weighted by atomic mass is 10.0. The number of hydrogen-bond acceptors (Lipinski definition) is 3. The lowest BCUT2D eigenvalue weighted by Gasteiger charge is -2.29. The Morgan fingerprint density at radius 3 is 2.60 bits per heavy atom. The van der Waals surface area contributed by atoms with Crippen molar-refractivity contribution in [1.29, 1.82) is 0 Å². The van der Waals surface area contributed by atoms with Gasteiger partial charge in [-0.1, -0.05) is 18.2 Å². The van der Waals surface area contributed by atoms with E-state index in [4.69, 9.17) is 0 Å². The summed E-state index contributed by atoms with van der Waals surface area (Å²) in [5, 5.41) is 2.89. The number of rotatable bonds is 2. The van der Waals surface area contributed by atoms with Gasteiger partial charge in [0.1, 0.15) is 0 Å². The second-order valence-corrected chi connectivity index (χ2v) is 7.36. The van der Waals surface area contributed by atoms with E-state index in [0.717, 1.165) is 18.5 Å². The number of pyridine rings is 1. The second kappa shape index (κ2) is 6.67. The standard InChI is InChI=1S/C20H23N3O2/c1-20(2,3)22-18(24)15-11-16(13-21-12-15)19(25)23-10-6-8-14-7-4-5-9-17(14)23/h4-5,7,9,11-13H,6,8,10H2,1-3H3,(H,22,24). The summed E-state index contributed by atoms with van der Waals surface area (Å²) < 4.78 is 0. The minimum Gasteiger partial charge on any atom is -0.347 e. The number of aromatic nitrogens is 1. The molecule has 0 bridgehead atoms. The van der Waals surface area contributed by atoms with Crippen LogP contribution in [0, 0.1) is 0 Å².